The third kappa shape index (κ3) is 2.03. The zero-order chi connectivity index (χ0) is 9.84. The van der Waals surface area contributed by atoms with Gasteiger partial charge in [0.05, 0.1) is 14.2 Å². The van der Waals surface area contributed by atoms with E-state index < -0.39 is 0 Å². The lowest BCUT2D eigenvalue weighted by Crippen LogP contribution is -1.93. The second-order valence-corrected chi connectivity index (χ2v) is 2.54. The van der Waals surface area contributed by atoms with Crippen LogP contribution in [-0.2, 0) is 4.89 Å². The molecule has 0 heterocycles. The van der Waals surface area contributed by atoms with Crippen molar-refractivity contribution < 1.29 is 19.6 Å². The van der Waals surface area contributed by atoms with Crippen molar-refractivity contribution in [1.29, 1.82) is 0 Å². The molecule has 1 aromatic carbocycles. The summed E-state index contributed by atoms with van der Waals surface area (Å²) in [4.78, 5) is 9.21. The topological polar surface area (TPSA) is 47.9 Å². The number of benzene rings is 1. The fourth-order valence-corrected chi connectivity index (χ4v) is 1.13. The predicted octanol–water partition coefficient (Wildman–Crippen LogP) is 1.65. The summed E-state index contributed by atoms with van der Waals surface area (Å²) in [5.41, 5.74) is 0.787. The highest BCUT2D eigenvalue weighted by Gasteiger charge is 2.08. The molecule has 0 saturated carbocycles. The largest absolute Gasteiger partial charge is 0.504 e. The fourth-order valence-electron chi connectivity index (χ4n) is 1.13. The molecule has 0 atom stereocenters. The van der Waals surface area contributed by atoms with Crippen molar-refractivity contribution in [1.82, 2.24) is 0 Å². The normalized spacial score (nSPS) is 9.77. The summed E-state index contributed by atoms with van der Waals surface area (Å²) in [7, 11) is 2.90. The van der Waals surface area contributed by atoms with Gasteiger partial charge < -0.3 is 14.7 Å². The van der Waals surface area contributed by atoms with Gasteiger partial charge in [-0.3, -0.25) is 0 Å². The number of methoxy groups -OCH3 is 1. The van der Waals surface area contributed by atoms with Gasteiger partial charge in [-0.25, -0.2) is 0 Å². The molecule has 0 saturated heterocycles. The summed E-state index contributed by atoms with van der Waals surface area (Å²) in [5, 5.41) is 9.44. The molecule has 1 aromatic rings. The quantitative estimate of drug-likeness (QED) is 0.573. The van der Waals surface area contributed by atoms with Crippen molar-refractivity contribution >= 4 is 0 Å². The summed E-state index contributed by atoms with van der Waals surface area (Å²) >= 11 is 0. The fraction of sp³-hybridized carbons (Fsp3) is 0.333. The third-order valence-corrected chi connectivity index (χ3v) is 1.61. The van der Waals surface area contributed by atoms with Crippen molar-refractivity contribution in [2.75, 3.05) is 14.2 Å². The van der Waals surface area contributed by atoms with Gasteiger partial charge in [-0.1, -0.05) is 0 Å². The number of hydrogen-bond donors (Lipinski definition) is 1. The maximum absolute atomic E-state index is 9.44. The lowest BCUT2D eigenvalue weighted by molar-refractivity contribution is -0.178. The average Bonchev–Trinajstić information content (AvgIpc) is 2.04. The number of rotatable bonds is 3. The molecular weight excluding hydrogens is 172 g/mol. The molecule has 0 fully saturated rings. The first-order valence-corrected chi connectivity index (χ1v) is 3.77. The van der Waals surface area contributed by atoms with Crippen molar-refractivity contribution in [3.63, 3.8) is 0 Å². The number of aromatic hydroxyl groups is 1. The van der Waals surface area contributed by atoms with Crippen molar-refractivity contribution in [3.8, 4) is 17.2 Å². The Morgan fingerprint density at radius 1 is 1.23 bits per heavy atom. The summed E-state index contributed by atoms with van der Waals surface area (Å²) in [5.74, 6) is 0.927. The van der Waals surface area contributed by atoms with Crippen LogP contribution < -0.4 is 9.62 Å². The van der Waals surface area contributed by atoms with Gasteiger partial charge in [0.15, 0.2) is 17.2 Å². The molecule has 0 aliphatic carbocycles. The molecule has 0 radical (unpaired) electrons. The first-order valence-electron chi connectivity index (χ1n) is 3.77. The Morgan fingerprint density at radius 2 is 1.92 bits per heavy atom. The lowest BCUT2D eigenvalue weighted by atomic mass is 10.2. The molecule has 1 rings (SSSR count). The molecule has 1 N–H and O–H groups in total. The monoisotopic (exact) mass is 184 g/mol. The maximum atomic E-state index is 9.44. The number of phenols is 1. The Bertz CT molecular complexity index is 273. The molecule has 0 unspecified atom stereocenters. The van der Waals surface area contributed by atoms with E-state index in [0.717, 1.165) is 5.56 Å². The van der Waals surface area contributed by atoms with Crippen molar-refractivity contribution in [2.45, 2.75) is 6.92 Å². The molecule has 0 aliphatic rings. The Balaban J connectivity index is 3.05. The zero-order valence-corrected chi connectivity index (χ0v) is 7.83. The zero-order valence-electron chi connectivity index (χ0n) is 7.83. The molecule has 0 amide bonds. The van der Waals surface area contributed by atoms with Crippen molar-refractivity contribution in [2.24, 2.45) is 0 Å². The van der Waals surface area contributed by atoms with Gasteiger partial charge in [-0.15, -0.1) is 0 Å². The standard InChI is InChI=1S/C9H12O4/c1-6-4-7(13-12-3)5-8(10)9(6)11-2/h4-5,10H,1-3H3. The van der Waals surface area contributed by atoms with Crippen LogP contribution in [0.2, 0.25) is 0 Å². The number of ether oxygens (including phenoxy) is 1. The number of aryl methyl sites for hydroxylation is 1. The van der Waals surface area contributed by atoms with Gasteiger partial charge in [0, 0.05) is 6.07 Å². The van der Waals surface area contributed by atoms with E-state index in [-0.39, 0.29) is 5.75 Å². The second-order valence-electron chi connectivity index (χ2n) is 2.54. The summed E-state index contributed by atoms with van der Waals surface area (Å²) in [6.07, 6.45) is 0. The molecule has 13 heavy (non-hydrogen) atoms. The van der Waals surface area contributed by atoms with Gasteiger partial charge in [-0.2, -0.15) is 4.89 Å². The van der Waals surface area contributed by atoms with Crippen LogP contribution in [0, 0.1) is 6.92 Å². The molecular formula is C9H12O4. The molecule has 72 valence electrons. The first kappa shape index (κ1) is 9.67. The molecule has 0 aromatic heterocycles. The summed E-state index contributed by atoms with van der Waals surface area (Å²) in [6, 6.07) is 3.14. The van der Waals surface area contributed by atoms with Crippen molar-refractivity contribution in [3.05, 3.63) is 17.7 Å². The Hall–Kier alpha value is -1.42. The second kappa shape index (κ2) is 4.00. The minimum absolute atomic E-state index is 0.0366. The highest BCUT2D eigenvalue weighted by atomic mass is 17.2. The third-order valence-electron chi connectivity index (χ3n) is 1.61. The van der Waals surface area contributed by atoms with Crippen LogP contribution >= 0.6 is 0 Å². The van der Waals surface area contributed by atoms with E-state index in [4.69, 9.17) is 9.62 Å². The van der Waals surface area contributed by atoms with Gasteiger partial charge in [-0.05, 0) is 18.6 Å². The highest BCUT2D eigenvalue weighted by molar-refractivity contribution is 5.50. The summed E-state index contributed by atoms with van der Waals surface area (Å²) in [6.45, 7) is 1.81. The van der Waals surface area contributed by atoms with Crippen LogP contribution in [0.4, 0.5) is 0 Å². The minimum Gasteiger partial charge on any atom is -0.504 e. The Labute approximate surface area is 76.6 Å². The molecule has 4 nitrogen and oxygen atoms in total. The number of hydrogen-bond acceptors (Lipinski definition) is 4. The van der Waals surface area contributed by atoms with Crippen LogP contribution in [0.3, 0.4) is 0 Å². The SMILES string of the molecule is COOc1cc(C)c(OC)c(O)c1. The van der Waals surface area contributed by atoms with Crippen LogP contribution in [0.5, 0.6) is 17.2 Å². The smallest absolute Gasteiger partial charge is 0.169 e. The first-order chi connectivity index (χ1) is 6.19. The van der Waals surface area contributed by atoms with Gasteiger partial charge in [0.2, 0.25) is 0 Å². The van der Waals surface area contributed by atoms with Gasteiger partial charge in [0.25, 0.3) is 0 Å². The summed E-state index contributed by atoms with van der Waals surface area (Å²) < 4.78 is 4.96. The van der Waals surface area contributed by atoms with Crippen LogP contribution in [0.15, 0.2) is 12.1 Å². The number of phenolic OH excluding ortho intramolecular Hbond substituents is 1. The molecule has 0 spiro atoms. The molecule has 4 heteroatoms. The molecule has 0 aliphatic heterocycles. The average molecular weight is 184 g/mol. The van der Waals surface area contributed by atoms with Crippen LogP contribution in [-0.4, -0.2) is 19.3 Å². The van der Waals surface area contributed by atoms with Crippen LogP contribution in [0.1, 0.15) is 5.56 Å². The van der Waals surface area contributed by atoms with E-state index in [2.05, 4.69) is 4.89 Å². The predicted molar refractivity (Wildman–Crippen MR) is 47.0 cm³/mol. The van der Waals surface area contributed by atoms with E-state index in [1.54, 1.807) is 13.0 Å². The highest BCUT2D eigenvalue weighted by Crippen LogP contribution is 2.33. The molecule has 0 bridgehead atoms. The minimum atomic E-state index is 0.0366. The Kier molecular flexibility index (Phi) is 2.97. The van der Waals surface area contributed by atoms with E-state index >= 15 is 0 Å². The maximum Gasteiger partial charge on any atom is 0.169 e. The van der Waals surface area contributed by atoms with E-state index in [1.807, 2.05) is 0 Å². The van der Waals surface area contributed by atoms with Gasteiger partial charge in [0.1, 0.15) is 0 Å². The lowest BCUT2D eigenvalue weighted by Gasteiger charge is -2.08. The Morgan fingerprint density at radius 3 is 2.38 bits per heavy atom. The van der Waals surface area contributed by atoms with E-state index in [0.29, 0.717) is 11.5 Å². The van der Waals surface area contributed by atoms with Crippen LogP contribution in [0.25, 0.3) is 0 Å². The van der Waals surface area contributed by atoms with E-state index in [9.17, 15) is 5.11 Å². The van der Waals surface area contributed by atoms with E-state index in [1.165, 1.54) is 20.3 Å². The van der Waals surface area contributed by atoms with Gasteiger partial charge >= 0.3 is 0 Å².